The normalized spacial score (nSPS) is 18.0. The topological polar surface area (TPSA) is 86.1 Å². The number of aromatic nitrogens is 3. The zero-order valence-corrected chi connectivity index (χ0v) is 22.2. The number of fused-ring (bicyclic) bond motifs is 1. The first-order valence-electron chi connectivity index (χ1n) is 12.5. The molecule has 2 aliphatic carbocycles. The van der Waals surface area contributed by atoms with Crippen molar-refractivity contribution in [1.82, 2.24) is 19.9 Å². The Kier molecular flexibility index (Phi) is 7.06. The number of esters is 1. The maximum Gasteiger partial charge on any atom is 0.450 e. The fourth-order valence-corrected chi connectivity index (χ4v) is 6.30. The van der Waals surface area contributed by atoms with E-state index in [1.54, 1.807) is 31.2 Å². The fourth-order valence-electron chi connectivity index (χ4n) is 5.43. The molecule has 2 aliphatic rings. The van der Waals surface area contributed by atoms with Gasteiger partial charge in [-0.1, -0.05) is 31.4 Å². The van der Waals surface area contributed by atoms with Crippen LogP contribution < -0.4 is 5.32 Å². The zero-order chi connectivity index (χ0) is 27.1. The van der Waals surface area contributed by atoms with Crippen molar-refractivity contribution >= 4 is 38.7 Å². The number of halogens is 4. The summed E-state index contributed by atoms with van der Waals surface area (Å²) in [5.74, 6) is -1.43. The summed E-state index contributed by atoms with van der Waals surface area (Å²) in [6, 6.07) is 7.22. The fraction of sp³-hybridized carbons (Fsp3) is 0.407. The van der Waals surface area contributed by atoms with Gasteiger partial charge in [0.1, 0.15) is 11.6 Å². The molecule has 1 fully saturated rings. The van der Waals surface area contributed by atoms with Crippen molar-refractivity contribution < 1.29 is 27.5 Å². The highest BCUT2D eigenvalue weighted by Gasteiger charge is 2.53. The van der Waals surface area contributed by atoms with E-state index in [-0.39, 0.29) is 35.5 Å². The van der Waals surface area contributed by atoms with Crippen LogP contribution in [0.4, 0.5) is 13.2 Å². The molecule has 1 N–H and O–H groups in total. The van der Waals surface area contributed by atoms with Gasteiger partial charge in [-0.2, -0.15) is 13.2 Å². The molecule has 200 valence electrons. The monoisotopic (exact) mass is 590 g/mol. The van der Waals surface area contributed by atoms with Crippen LogP contribution in [0, 0.1) is 5.41 Å². The van der Waals surface area contributed by atoms with E-state index in [9.17, 15) is 22.8 Å². The van der Waals surface area contributed by atoms with Gasteiger partial charge in [-0.15, -0.1) is 0 Å². The van der Waals surface area contributed by atoms with Crippen molar-refractivity contribution in [1.29, 1.82) is 0 Å². The minimum absolute atomic E-state index is 0.0647. The summed E-state index contributed by atoms with van der Waals surface area (Å²) in [6.07, 6.45) is 2.73. The Morgan fingerprint density at radius 2 is 1.89 bits per heavy atom. The van der Waals surface area contributed by atoms with Gasteiger partial charge in [0.05, 0.1) is 28.2 Å². The van der Waals surface area contributed by atoms with E-state index in [1.807, 2.05) is 0 Å². The number of imidazole rings is 1. The number of benzene rings is 1. The molecule has 1 atom stereocenters. The van der Waals surface area contributed by atoms with Crippen molar-refractivity contribution in [3.05, 3.63) is 64.3 Å². The molecule has 3 aromatic rings. The van der Waals surface area contributed by atoms with Crippen molar-refractivity contribution in [3.63, 3.8) is 0 Å². The highest BCUT2D eigenvalue weighted by Crippen LogP contribution is 2.53. The summed E-state index contributed by atoms with van der Waals surface area (Å²) in [5, 5.41) is 3.29. The van der Waals surface area contributed by atoms with E-state index in [4.69, 9.17) is 4.74 Å². The van der Waals surface area contributed by atoms with E-state index in [1.165, 1.54) is 18.5 Å². The van der Waals surface area contributed by atoms with Gasteiger partial charge in [0.2, 0.25) is 5.82 Å². The number of alkyl halides is 3. The molecule has 11 heteroatoms. The number of carbonyl (C=O) groups excluding carboxylic acids is 2. The van der Waals surface area contributed by atoms with Crippen LogP contribution in [-0.2, 0) is 26.9 Å². The minimum Gasteiger partial charge on any atom is -0.464 e. The number of nitrogens with one attached hydrogen (secondary N) is 1. The Morgan fingerprint density at radius 1 is 1.18 bits per heavy atom. The second-order valence-corrected chi connectivity index (χ2v) is 10.4. The number of nitrogens with zero attached hydrogens (tertiary/aromatic N) is 3. The zero-order valence-electron chi connectivity index (χ0n) is 20.6. The number of ether oxygens (including phenoxy) is 1. The second-order valence-electron chi connectivity index (χ2n) is 9.61. The number of rotatable bonds is 7. The minimum atomic E-state index is -4.66. The lowest BCUT2D eigenvalue weighted by atomic mass is 9.62. The molecular formula is C27H26BrF3N4O3. The molecule has 0 saturated heterocycles. The summed E-state index contributed by atoms with van der Waals surface area (Å²) in [4.78, 5) is 33.3. The molecule has 7 nitrogen and oxygen atoms in total. The number of carbonyl (C=O) groups is 2. The highest BCUT2D eigenvalue weighted by atomic mass is 79.9. The molecule has 5 rings (SSSR count). The number of ketones is 1. The maximum absolute atomic E-state index is 13.8. The molecule has 2 heterocycles. The quantitative estimate of drug-likeness (QED) is 0.358. The van der Waals surface area contributed by atoms with E-state index in [0.717, 1.165) is 47.9 Å². The van der Waals surface area contributed by atoms with Gasteiger partial charge < -0.3 is 10.1 Å². The first kappa shape index (κ1) is 26.4. The molecule has 0 unspecified atom stereocenters. The number of allylic oxidation sites excluding steroid dienone is 2. The lowest BCUT2D eigenvalue weighted by Gasteiger charge is -2.46. The summed E-state index contributed by atoms with van der Waals surface area (Å²) in [6.45, 7) is 1.92. The molecule has 38 heavy (non-hydrogen) atoms. The third-order valence-corrected chi connectivity index (χ3v) is 8.03. The van der Waals surface area contributed by atoms with Crippen LogP contribution in [0.15, 0.2) is 52.9 Å². The Labute approximate surface area is 225 Å². The number of pyridine rings is 1. The van der Waals surface area contributed by atoms with Crippen LogP contribution in [0.1, 0.15) is 50.4 Å². The number of hydrogen-bond donors (Lipinski definition) is 1. The van der Waals surface area contributed by atoms with Gasteiger partial charge >= 0.3 is 12.1 Å². The Morgan fingerprint density at radius 3 is 2.55 bits per heavy atom. The Balaban J connectivity index is 1.43. The van der Waals surface area contributed by atoms with Crippen molar-refractivity contribution in [3.8, 4) is 5.69 Å². The van der Waals surface area contributed by atoms with Crippen molar-refractivity contribution in [2.24, 2.45) is 5.41 Å². The molecule has 1 aromatic carbocycles. The van der Waals surface area contributed by atoms with Gasteiger partial charge in [-0.3, -0.25) is 14.3 Å². The Hall–Kier alpha value is -3.21. The van der Waals surface area contributed by atoms with Gasteiger partial charge in [-0.05, 0) is 59.5 Å². The summed E-state index contributed by atoms with van der Waals surface area (Å²) < 4.78 is 48.1. The van der Waals surface area contributed by atoms with Crippen LogP contribution >= 0.6 is 15.9 Å². The van der Waals surface area contributed by atoms with E-state index >= 15 is 0 Å². The predicted octanol–water partition coefficient (Wildman–Crippen LogP) is 5.64. The maximum atomic E-state index is 13.8. The third-order valence-electron chi connectivity index (χ3n) is 7.27. The van der Waals surface area contributed by atoms with E-state index in [0.29, 0.717) is 4.48 Å². The van der Waals surface area contributed by atoms with Gasteiger partial charge in [0, 0.05) is 24.0 Å². The van der Waals surface area contributed by atoms with Crippen LogP contribution in [0.25, 0.3) is 16.7 Å². The van der Waals surface area contributed by atoms with Crippen molar-refractivity contribution in [2.45, 2.75) is 57.7 Å². The third kappa shape index (κ3) is 4.61. The number of Topliss-reactive ketones (excluding diaryl/α,β-unsaturated/α-hetero) is 1. The first-order valence-corrected chi connectivity index (χ1v) is 13.3. The first-order chi connectivity index (χ1) is 18.2. The molecule has 0 amide bonds. The standard InChI is InChI=1S/C27H26BrF3N4O3/c1-2-38-24(37)18(33-22-21(28)23(36)26(22)11-4-3-5-12-26)14-16-6-8-17(9-7-16)35-20-10-13-32-15-19(20)34-25(35)27(29,30)31/h6-10,13,15,18,33H,2-5,11-12,14H2,1H3/t18-/m0/s1. The molecular weight excluding hydrogens is 565 g/mol. The summed E-state index contributed by atoms with van der Waals surface area (Å²) in [5.41, 5.74) is 1.59. The van der Waals surface area contributed by atoms with Crippen LogP contribution in [0.5, 0.6) is 0 Å². The van der Waals surface area contributed by atoms with Gasteiger partial charge in [0.15, 0.2) is 5.78 Å². The average molecular weight is 591 g/mol. The summed E-state index contributed by atoms with van der Waals surface area (Å²) >= 11 is 3.39. The van der Waals surface area contributed by atoms with Crippen LogP contribution in [-0.4, -0.2) is 38.9 Å². The van der Waals surface area contributed by atoms with E-state index < -0.39 is 29.4 Å². The largest absolute Gasteiger partial charge is 0.464 e. The average Bonchev–Trinajstić information content (AvgIpc) is 3.32. The van der Waals surface area contributed by atoms with Crippen molar-refractivity contribution in [2.75, 3.05) is 6.61 Å². The second kappa shape index (κ2) is 10.2. The molecule has 0 bridgehead atoms. The molecule has 0 aliphatic heterocycles. The van der Waals surface area contributed by atoms with Crippen LogP contribution in [0.3, 0.4) is 0 Å². The molecule has 1 spiro atoms. The summed E-state index contributed by atoms with van der Waals surface area (Å²) in [7, 11) is 0. The molecule has 1 saturated carbocycles. The predicted molar refractivity (Wildman–Crippen MR) is 138 cm³/mol. The van der Waals surface area contributed by atoms with Crippen LogP contribution in [0.2, 0.25) is 0 Å². The SMILES string of the molecule is CCOC(=O)[C@H](Cc1ccc(-n2c(C(F)(F)F)nc3cnccc32)cc1)NC1=C(Br)C(=O)C12CCCCC2. The van der Waals surface area contributed by atoms with Gasteiger partial charge in [0.25, 0.3) is 0 Å². The lowest BCUT2D eigenvalue weighted by Crippen LogP contribution is -2.53. The van der Waals surface area contributed by atoms with Gasteiger partial charge in [-0.25, -0.2) is 9.78 Å². The highest BCUT2D eigenvalue weighted by molar-refractivity contribution is 9.12. The number of hydrogen-bond acceptors (Lipinski definition) is 6. The lowest BCUT2D eigenvalue weighted by molar-refractivity contribution is -0.146. The Bertz CT molecular complexity index is 1410. The molecule has 2 aromatic heterocycles. The van der Waals surface area contributed by atoms with E-state index in [2.05, 4.69) is 31.2 Å². The molecule has 0 radical (unpaired) electrons. The smallest absolute Gasteiger partial charge is 0.450 e.